The number of nitrogens with zero attached hydrogens (tertiary/aromatic N) is 3. The van der Waals surface area contributed by atoms with Gasteiger partial charge < -0.3 is 14.8 Å². The van der Waals surface area contributed by atoms with Crippen molar-refractivity contribution in [2.75, 3.05) is 32.7 Å². The predicted octanol–water partition coefficient (Wildman–Crippen LogP) is 0.863. The van der Waals surface area contributed by atoms with E-state index in [0.29, 0.717) is 15.8 Å². The summed E-state index contributed by atoms with van der Waals surface area (Å²) in [6.45, 7) is 0.637. The van der Waals surface area contributed by atoms with Crippen LogP contribution >= 0.6 is 11.3 Å². The first-order valence-electron chi connectivity index (χ1n) is 9.98. The van der Waals surface area contributed by atoms with Crippen LogP contribution in [0.4, 0.5) is 0 Å². The Hall–Kier alpha value is -3.02. The van der Waals surface area contributed by atoms with Gasteiger partial charge in [0.1, 0.15) is 0 Å². The molecule has 0 spiro atoms. The molecule has 32 heavy (non-hydrogen) atoms. The van der Waals surface area contributed by atoms with Crippen LogP contribution in [0, 0.1) is 0 Å². The summed E-state index contributed by atoms with van der Waals surface area (Å²) in [6, 6.07) is 13.3. The molecule has 1 aliphatic rings. The van der Waals surface area contributed by atoms with Gasteiger partial charge in [-0.1, -0.05) is 29.5 Å². The van der Waals surface area contributed by atoms with Crippen molar-refractivity contribution in [1.29, 1.82) is 0 Å². The van der Waals surface area contributed by atoms with Gasteiger partial charge in [0, 0.05) is 38.8 Å². The Kier molecular flexibility index (Phi) is 6.13. The molecular weight excluding hydrogens is 452 g/mol. The molecule has 0 radical (unpaired) electrons. The number of hydrogen-bond acceptors (Lipinski definition) is 6. The first kappa shape index (κ1) is 22.2. The van der Waals surface area contributed by atoms with Crippen LogP contribution in [-0.4, -0.2) is 66.7 Å². The van der Waals surface area contributed by atoms with Gasteiger partial charge in [0.2, 0.25) is 15.9 Å². The highest BCUT2D eigenvalue weighted by Crippen LogP contribution is 2.24. The van der Waals surface area contributed by atoms with Gasteiger partial charge in [-0.25, -0.2) is 8.42 Å². The molecule has 11 heteroatoms. The maximum Gasteiger partial charge on any atom is 0.307 e. The fourth-order valence-electron chi connectivity index (χ4n) is 3.56. The molecule has 1 fully saturated rings. The summed E-state index contributed by atoms with van der Waals surface area (Å²) in [5.74, 6) is -0.597. The summed E-state index contributed by atoms with van der Waals surface area (Å²) in [6.07, 6.45) is 0. The molecule has 1 aromatic heterocycles. The molecule has 2 heterocycles. The van der Waals surface area contributed by atoms with Crippen LogP contribution in [0.5, 0.6) is 0 Å². The Labute approximate surface area is 188 Å². The number of amides is 2. The zero-order chi connectivity index (χ0) is 22.9. The number of carbonyl (C=O) groups is 2. The maximum atomic E-state index is 13.1. The summed E-state index contributed by atoms with van der Waals surface area (Å²) in [5.41, 5.74) is 1.16. The zero-order valence-corrected chi connectivity index (χ0v) is 19.0. The van der Waals surface area contributed by atoms with Crippen molar-refractivity contribution < 1.29 is 18.0 Å². The van der Waals surface area contributed by atoms with Crippen LogP contribution in [0.25, 0.3) is 10.2 Å². The van der Waals surface area contributed by atoms with E-state index in [1.54, 1.807) is 48.3 Å². The first-order chi connectivity index (χ1) is 15.3. The summed E-state index contributed by atoms with van der Waals surface area (Å²) in [4.78, 5) is 37.9. The lowest BCUT2D eigenvalue weighted by Gasteiger charge is -2.34. The normalized spacial score (nSPS) is 15.1. The molecule has 4 rings (SSSR count). The van der Waals surface area contributed by atoms with Crippen LogP contribution in [0.3, 0.4) is 0 Å². The molecule has 3 aromatic rings. The van der Waals surface area contributed by atoms with E-state index in [0.717, 1.165) is 11.3 Å². The van der Waals surface area contributed by atoms with Crippen LogP contribution < -0.4 is 10.2 Å². The fourth-order valence-corrected chi connectivity index (χ4v) is 6.00. The number of carbonyl (C=O) groups excluding carboxylic acids is 2. The molecule has 1 N–H and O–H groups in total. The number of nitrogens with one attached hydrogen (secondary N) is 1. The lowest BCUT2D eigenvalue weighted by molar-refractivity contribution is -0.131. The molecule has 1 aliphatic heterocycles. The van der Waals surface area contributed by atoms with Crippen LogP contribution in [-0.2, 0) is 21.9 Å². The molecule has 0 bridgehead atoms. The topological polar surface area (TPSA) is 109 Å². The molecule has 0 aliphatic carbocycles. The van der Waals surface area contributed by atoms with Crippen LogP contribution in [0.15, 0.2) is 58.2 Å². The van der Waals surface area contributed by atoms with Gasteiger partial charge >= 0.3 is 4.87 Å². The lowest BCUT2D eigenvalue weighted by atomic mass is 10.2. The number of thiazole rings is 1. The Bertz CT molecular complexity index is 1320. The average Bonchev–Trinajstić information content (AvgIpc) is 3.10. The number of rotatable bonds is 5. The minimum atomic E-state index is -3.75. The second-order valence-corrected chi connectivity index (χ2v) is 10.3. The highest BCUT2D eigenvalue weighted by molar-refractivity contribution is 7.89. The zero-order valence-electron chi connectivity index (χ0n) is 17.4. The molecular formula is C21H22N4O5S2. The van der Waals surface area contributed by atoms with Gasteiger partial charge in [0.15, 0.2) is 0 Å². The minimum Gasteiger partial charge on any atom is -0.343 e. The minimum absolute atomic E-state index is 0.127. The van der Waals surface area contributed by atoms with E-state index in [9.17, 15) is 22.8 Å². The van der Waals surface area contributed by atoms with Crippen LogP contribution in [0.1, 0.15) is 10.4 Å². The molecule has 2 aromatic carbocycles. The number of piperazine rings is 1. The largest absolute Gasteiger partial charge is 0.343 e. The molecule has 0 saturated carbocycles. The summed E-state index contributed by atoms with van der Waals surface area (Å²) >= 11 is 1.00. The van der Waals surface area contributed by atoms with Crippen molar-refractivity contribution in [2.45, 2.75) is 4.90 Å². The molecule has 168 valence electrons. The van der Waals surface area contributed by atoms with E-state index >= 15 is 0 Å². The summed E-state index contributed by atoms with van der Waals surface area (Å²) in [7, 11) is -2.10. The average molecular weight is 475 g/mol. The van der Waals surface area contributed by atoms with E-state index < -0.39 is 10.0 Å². The lowest BCUT2D eigenvalue weighted by Crippen LogP contribution is -2.52. The quantitative estimate of drug-likeness (QED) is 0.590. The van der Waals surface area contributed by atoms with Crippen molar-refractivity contribution >= 4 is 43.4 Å². The van der Waals surface area contributed by atoms with Gasteiger partial charge in [0.25, 0.3) is 5.91 Å². The third kappa shape index (κ3) is 4.31. The van der Waals surface area contributed by atoms with Gasteiger partial charge in [-0.2, -0.15) is 4.31 Å². The third-order valence-corrected chi connectivity index (χ3v) is 8.32. The fraction of sp³-hybridized carbons (Fsp3) is 0.286. The van der Waals surface area contributed by atoms with Gasteiger partial charge in [-0.05, 0) is 30.3 Å². The second-order valence-electron chi connectivity index (χ2n) is 7.39. The smallest absolute Gasteiger partial charge is 0.307 e. The van der Waals surface area contributed by atoms with E-state index in [2.05, 4.69) is 5.32 Å². The highest BCUT2D eigenvalue weighted by Gasteiger charge is 2.30. The SMILES string of the molecule is Cn1c(=O)sc2cc(S(=O)(=O)N3CCN(C(=O)CNC(=O)c4ccccc4)CC3)ccc21. The Morgan fingerprint density at radius 3 is 2.41 bits per heavy atom. The maximum absolute atomic E-state index is 13.1. The number of fused-ring (bicyclic) bond motifs is 1. The van der Waals surface area contributed by atoms with Crippen molar-refractivity contribution in [3.63, 3.8) is 0 Å². The Morgan fingerprint density at radius 1 is 1.03 bits per heavy atom. The van der Waals surface area contributed by atoms with Crippen molar-refractivity contribution in [3.05, 3.63) is 63.8 Å². The number of aromatic nitrogens is 1. The standard InChI is InChI=1S/C21H22N4O5S2/c1-23-17-8-7-16(13-18(17)31-21(23)28)32(29,30)25-11-9-24(10-12-25)19(26)14-22-20(27)15-5-3-2-4-6-15/h2-8,13H,9-12,14H2,1H3,(H,22,27). The van der Waals surface area contributed by atoms with E-state index in [1.807, 2.05) is 0 Å². The monoisotopic (exact) mass is 474 g/mol. The molecule has 9 nitrogen and oxygen atoms in total. The number of hydrogen-bond donors (Lipinski definition) is 1. The van der Waals surface area contributed by atoms with E-state index in [4.69, 9.17) is 0 Å². The van der Waals surface area contributed by atoms with Crippen LogP contribution in [0.2, 0.25) is 0 Å². The predicted molar refractivity (Wildman–Crippen MR) is 121 cm³/mol. The van der Waals surface area contributed by atoms with Crippen molar-refractivity contribution in [3.8, 4) is 0 Å². The molecule has 2 amide bonds. The van der Waals surface area contributed by atoms with Gasteiger partial charge in [-0.3, -0.25) is 14.4 Å². The highest BCUT2D eigenvalue weighted by atomic mass is 32.2. The van der Waals surface area contributed by atoms with Gasteiger partial charge in [-0.15, -0.1) is 0 Å². The second kappa shape index (κ2) is 8.85. The van der Waals surface area contributed by atoms with E-state index in [-0.39, 0.29) is 54.3 Å². The summed E-state index contributed by atoms with van der Waals surface area (Å²) in [5, 5.41) is 2.60. The van der Waals surface area contributed by atoms with Gasteiger partial charge in [0.05, 0.1) is 21.7 Å². The number of sulfonamides is 1. The Morgan fingerprint density at radius 2 is 1.72 bits per heavy atom. The number of benzene rings is 2. The number of aryl methyl sites for hydroxylation is 1. The van der Waals surface area contributed by atoms with E-state index in [1.165, 1.54) is 21.0 Å². The third-order valence-electron chi connectivity index (χ3n) is 5.43. The Balaban J connectivity index is 1.37. The van der Waals surface area contributed by atoms with Crippen molar-refractivity contribution in [2.24, 2.45) is 7.05 Å². The molecule has 0 unspecified atom stereocenters. The summed E-state index contributed by atoms with van der Waals surface area (Å²) < 4.78 is 29.5. The molecule has 1 saturated heterocycles. The van der Waals surface area contributed by atoms with Crippen molar-refractivity contribution in [1.82, 2.24) is 19.1 Å². The molecule has 0 atom stereocenters. The first-order valence-corrected chi connectivity index (χ1v) is 12.2.